The fourth-order valence-corrected chi connectivity index (χ4v) is 1.95. The predicted molar refractivity (Wildman–Crippen MR) is 70.6 cm³/mol. The average molecular weight is 301 g/mol. The van der Waals surface area contributed by atoms with Crippen molar-refractivity contribution in [3.05, 3.63) is 31.9 Å². The molecule has 0 heterocycles. The van der Waals surface area contributed by atoms with Gasteiger partial charge in [-0.2, -0.15) is 6.92 Å². The first kappa shape index (κ1) is 23.3. The molecule has 2 aliphatic carbocycles. The summed E-state index contributed by atoms with van der Waals surface area (Å²) in [6.45, 7) is 12.5. The summed E-state index contributed by atoms with van der Waals surface area (Å²) in [5.74, 6) is 5.65. The zero-order valence-electron chi connectivity index (χ0n) is 11.3. The van der Waals surface area contributed by atoms with Crippen molar-refractivity contribution in [2.45, 2.75) is 57.8 Å². The van der Waals surface area contributed by atoms with Crippen LogP contribution in [0.5, 0.6) is 0 Å². The van der Waals surface area contributed by atoms with Gasteiger partial charge in [0.05, 0.1) is 0 Å². The summed E-state index contributed by atoms with van der Waals surface area (Å²) in [4.78, 5) is 0. The van der Waals surface area contributed by atoms with Crippen LogP contribution in [0.2, 0.25) is 0 Å². The van der Waals surface area contributed by atoms with E-state index in [9.17, 15) is 0 Å². The zero-order chi connectivity index (χ0) is 14.1. The molecular weight excluding hydrogens is 280 g/mol. The molecule has 0 saturated heterocycles. The van der Waals surface area contributed by atoms with Gasteiger partial charge in [-0.3, -0.25) is 5.92 Å². The van der Waals surface area contributed by atoms with E-state index in [4.69, 9.17) is 9.30 Å². The predicted octanol–water partition coefficient (Wildman–Crippen LogP) is 4.20. The SMILES string of the molecule is C1CCCC1.[C-]#[O+].[C-]#[O+].[CH2-]C#CC1=CCCCC1.[Fe+2]. The first-order valence-corrected chi connectivity index (χ1v) is 6.31. The van der Waals surface area contributed by atoms with E-state index < -0.39 is 0 Å². The third-order valence-electron chi connectivity index (χ3n) is 2.79. The first-order valence-electron chi connectivity index (χ1n) is 6.31. The van der Waals surface area contributed by atoms with Gasteiger partial charge in [-0.05, 0) is 25.7 Å². The maximum Gasteiger partial charge on any atom is 2.00 e. The van der Waals surface area contributed by atoms with Crippen molar-refractivity contribution in [3.8, 4) is 11.8 Å². The maximum absolute atomic E-state index is 7.50. The molecule has 2 rings (SSSR count). The smallest absolute Gasteiger partial charge is 0.300 e. The fraction of sp³-hybridized carbons (Fsp3) is 0.562. The van der Waals surface area contributed by atoms with E-state index in [2.05, 4.69) is 38.1 Å². The molecule has 3 heteroatoms. The van der Waals surface area contributed by atoms with Gasteiger partial charge in [0.15, 0.2) is 0 Å². The largest absolute Gasteiger partial charge is 2.00 e. The Bertz CT molecular complexity index is 287. The number of allylic oxidation sites excluding steroid dienone is 2. The summed E-state index contributed by atoms with van der Waals surface area (Å²) in [6.07, 6.45) is 14.7. The Balaban J connectivity index is -0.000000220. The van der Waals surface area contributed by atoms with E-state index in [1.807, 2.05) is 0 Å². The van der Waals surface area contributed by atoms with E-state index in [1.165, 1.54) is 63.4 Å². The van der Waals surface area contributed by atoms with Crippen LogP contribution in [0.1, 0.15) is 57.8 Å². The molecule has 0 atom stereocenters. The molecule has 2 aliphatic rings. The van der Waals surface area contributed by atoms with Crippen molar-refractivity contribution in [1.29, 1.82) is 0 Å². The monoisotopic (exact) mass is 301 g/mol. The van der Waals surface area contributed by atoms with E-state index in [0.29, 0.717) is 0 Å². The van der Waals surface area contributed by atoms with Crippen molar-refractivity contribution >= 4 is 0 Å². The Kier molecular flexibility index (Phi) is 27.4. The fourth-order valence-electron chi connectivity index (χ4n) is 1.95. The molecule has 0 aromatic carbocycles. The van der Waals surface area contributed by atoms with Gasteiger partial charge in [0.2, 0.25) is 0 Å². The molecule has 1 saturated carbocycles. The summed E-state index contributed by atoms with van der Waals surface area (Å²) in [5, 5.41) is 0. The number of hydrogen-bond donors (Lipinski definition) is 0. The van der Waals surface area contributed by atoms with Gasteiger partial charge in [0.25, 0.3) is 0 Å². The molecule has 0 aromatic heterocycles. The van der Waals surface area contributed by atoms with Crippen LogP contribution in [-0.2, 0) is 26.4 Å². The standard InChI is InChI=1S/C9H11.C5H10.2CO.Fe/c1-2-6-9-7-4-3-5-8-9;1-2-4-5-3-1;2*1-2;/h7H,1,3-5,8H2;1-5H2;;;/q-1;;;;+2. The Morgan fingerprint density at radius 1 is 0.895 bits per heavy atom. The molecule has 0 N–H and O–H groups in total. The summed E-state index contributed by atoms with van der Waals surface area (Å²) < 4.78 is 15.0. The Morgan fingerprint density at radius 3 is 1.68 bits per heavy atom. The van der Waals surface area contributed by atoms with Crippen molar-refractivity contribution in [1.82, 2.24) is 0 Å². The first-order chi connectivity index (χ1) is 8.93. The second kappa shape index (κ2) is 22.4. The van der Waals surface area contributed by atoms with Gasteiger partial charge >= 0.3 is 39.7 Å². The summed E-state index contributed by atoms with van der Waals surface area (Å²) in [5.41, 5.74) is 1.29. The van der Waals surface area contributed by atoms with Crippen LogP contribution in [0.4, 0.5) is 0 Å². The second-order valence-electron chi connectivity index (χ2n) is 4.04. The van der Waals surface area contributed by atoms with Gasteiger partial charge in [-0.15, -0.1) is 5.57 Å². The van der Waals surface area contributed by atoms with Crippen LogP contribution < -0.4 is 0 Å². The van der Waals surface area contributed by atoms with Gasteiger partial charge in [-0.1, -0.05) is 38.2 Å². The summed E-state index contributed by atoms with van der Waals surface area (Å²) in [7, 11) is 0. The van der Waals surface area contributed by atoms with Gasteiger partial charge < -0.3 is 5.92 Å². The molecule has 104 valence electrons. The molecule has 19 heavy (non-hydrogen) atoms. The van der Waals surface area contributed by atoms with Crippen molar-refractivity contribution in [2.24, 2.45) is 0 Å². The van der Waals surface area contributed by atoms with Crippen LogP contribution in [0.25, 0.3) is 0 Å². The Morgan fingerprint density at radius 2 is 1.37 bits per heavy atom. The van der Waals surface area contributed by atoms with E-state index >= 15 is 0 Å². The molecule has 1 fully saturated rings. The topological polar surface area (TPSA) is 39.8 Å². The van der Waals surface area contributed by atoms with E-state index in [1.54, 1.807) is 0 Å². The van der Waals surface area contributed by atoms with Crippen LogP contribution in [0.3, 0.4) is 0 Å². The maximum atomic E-state index is 7.50. The van der Waals surface area contributed by atoms with Gasteiger partial charge in [-0.25, -0.2) is 0 Å². The van der Waals surface area contributed by atoms with E-state index in [0.717, 1.165) is 0 Å². The summed E-state index contributed by atoms with van der Waals surface area (Å²) in [6, 6.07) is 0. The number of rotatable bonds is 0. The van der Waals surface area contributed by atoms with Crippen molar-refractivity contribution in [3.63, 3.8) is 0 Å². The second-order valence-corrected chi connectivity index (χ2v) is 4.04. The average Bonchev–Trinajstić information content (AvgIpc) is 3.04. The molecule has 2 nitrogen and oxygen atoms in total. The zero-order valence-corrected chi connectivity index (χ0v) is 12.4. The molecule has 0 aromatic rings. The van der Waals surface area contributed by atoms with Crippen molar-refractivity contribution < 1.29 is 26.4 Å². The minimum Gasteiger partial charge on any atom is -0.300 e. The molecule has 0 spiro atoms. The van der Waals surface area contributed by atoms with Gasteiger partial charge in [0, 0.05) is 0 Å². The molecule has 0 amide bonds. The van der Waals surface area contributed by atoms with Gasteiger partial charge in [0.1, 0.15) is 0 Å². The third-order valence-corrected chi connectivity index (χ3v) is 2.79. The Hall–Kier alpha value is -0.831. The minimum atomic E-state index is 0. The molecule has 0 bridgehead atoms. The summed E-state index contributed by atoms with van der Waals surface area (Å²) >= 11 is 0. The van der Waals surface area contributed by atoms with E-state index in [-0.39, 0.29) is 17.1 Å². The van der Waals surface area contributed by atoms with Crippen LogP contribution >= 0.6 is 0 Å². The quantitative estimate of drug-likeness (QED) is 0.278. The van der Waals surface area contributed by atoms with Crippen LogP contribution in [0, 0.1) is 32.1 Å². The third kappa shape index (κ3) is 17.2. The normalized spacial score (nSPS) is 14.8. The Labute approximate surface area is 128 Å². The molecule has 0 unspecified atom stereocenters. The molecule has 0 aliphatic heterocycles. The van der Waals surface area contributed by atoms with Crippen LogP contribution in [-0.4, -0.2) is 0 Å². The van der Waals surface area contributed by atoms with Crippen LogP contribution in [0.15, 0.2) is 11.6 Å². The molecular formula is C16H21FeO2+. The minimum absolute atomic E-state index is 0. The van der Waals surface area contributed by atoms with Crippen molar-refractivity contribution in [2.75, 3.05) is 0 Å². The molecule has 0 radical (unpaired) electrons. The number of hydrogen-bond acceptors (Lipinski definition) is 0.